The number of methoxy groups -OCH3 is 2. The predicted octanol–water partition coefficient (Wildman–Crippen LogP) is 3.49. The Morgan fingerprint density at radius 1 is 0.875 bits per heavy atom. The number of hydrogen-bond acceptors (Lipinski definition) is 6. The average Bonchev–Trinajstić information content (AvgIpc) is 2.83. The SMILES string of the molecule is COc1ccccc1NC(=O)COc1ccc(/C=N\NC(=O)c2ccccc2OC)cc1. The van der Waals surface area contributed by atoms with E-state index >= 15 is 0 Å². The first-order valence-electron chi connectivity index (χ1n) is 9.73. The summed E-state index contributed by atoms with van der Waals surface area (Å²) >= 11 is 0. The minimum Gasteiger partial charge on any atom is -0.496 e. The molecule has 3 aromatic rings. The third kappa shape index (κ3) is 6.09. The standard InChI is InChI=1S/C24H23N3O5/c1-30-21-9-5-3-7-19(21)24(29)27-25-15-17-11-13-18(14-12-17)32-16-23(28)26-20-8-4-6-10-22(20)31-2/h3-15H,16H2,1-2H3,(H,26,28)(H,27,29)/b25-15-. The second-order valence-corrected chi connectivity index (χ2v) is 6.51. The summed E-state index contributed by atoms with van der Waals surface area (Å²) in [5.74, 6) is 0.882. The van der Waals surface area contributed by atoms with Gasteiger partial charge in [0.05, 0.1) is 31.7 Å². The maximum absolute atomic E-state index is 12.2. The highest BCUT2D eigenvalue weighted by Gasteiger charge is 2.10. The van der Waals surface area contributed by atoms with Crippen LogP contribution < -0.4 is 25.0 Å². The fourth-order valence-corrected chi connectivity index (χ4v) is 2.79. The third-order valence-electron chi connectivity index (χ3n) is 4.36. The normalized spacial score (nSPS) is 10.4. The Balaban J connectivity index is 1.49. The number of anilines is 1. The van der Waals surface area contributed by atoms with Crippen molar-refractivity contribution < 1.29 is 23.8 Å². The van der Waals surface area contributed by atoms with Crippen molar-refractivity contribution in [1.29, 1.82) is 0 Å². The summed E-state index contributed by atoms with van der Waals surface area (Å²) in [6.07, 6.45) is 1.51. The van der Waals surface area contributed by atoms with Crippen LogP contribution in [0.2, 0.25) is 0 Å². The number of carbonyl (C=O) groups excluding carboxylic acids is 2. The molecule has 164 valence electrons. The molecule has 3 rings (SSSR count). The largest absolute Gasteiger partial charge is 0.496 e. The Labute approximate surface area is 185 Å². The summed E-state index contributed by atoms with van der Waals surface area (Å²) in [6.45, 7) is -0.152. The monoisotopic (exact) mass is 433 g/mol. The van der Waals surface area contributed by atoms with Crippen molar-refractivity contribution in [2.24, 2.45) is 5.10 Å². The van der Waals surface area contributed by atoms with E-state index in [1.54, 1.807) is 66.7 Å². The van der Waals surface area contributed by atoms with E-state index in [1.165, 1.54) is 20.4 Å². The van der Waals surface area contributed by atoms with Gasteiger partial charge < -0.3 is 19.5 Å². The summed E-state index contributed by atoms with van der Waals surface area (Å²) in [4.78, 5) is 24.3. The number of nitrogens with zero attached hydrogens (tertiary/aromatic N) is 1. The van der Waals surface area contributed by atoms with Gasteiger partial charge in [0.25, 0.3) is 11.8 Å². The van der Waals surface area contributed by atoms with E-state index in [0.717, 1.165) is 5.56 Å². The van der Waals surface area contributed by atoms with Crippen LogP contribution in [0, 0.1) is 0 Å². The van der Waals surface area contributed by atoms with Gasteiger partial charge in [0, 0.05) is 0 Å². The molecule has 0 radical (unpaired) electrons. The molecule has 0 aliphatic carbocycles. The molecule has 0 atom stereocenters. The first-order chi connectivity index (χ1) is 15.6. The number of rotatable bonds is 9. The lowest BCUT2D eigenvalue weighted by atomic mass is 10.2. The Morgan fingerprint density at radius 2 is 1.53 bits per heavy atom. The smallest absolute Gasteiger partial charge is 0.275 e. The number of benzene rings is 3. The Kier molecular flexibility index (Phi) is 7.80. The van der Waals surface area contributed by atoms with Crippen molar-refractivity contribution in [1.82, 2.24) is 5.43 Å². The molecule has 0 bridgehead atoms. The van der Waals surface area contributed by atoms with Gasteiger partial charge >= 0.3 is 0 Å². The maximum Gasteiger partial charge on any atom is 0.275 e. The number of hydrazone groups is 1. The maximum atomic E-state index is 12.2. The van der Waals surface area contributed by atoms with Crippen LogP contribution in [0.1, 0.15) is 15.9 Å². The van der Waals surface area contributed by atoms with Gasteiger partial charge in [0.2, 0.25) is 0 Å². The van der Waals surface area contributed by atoms with E-state index in [9.17, 15) is 9.59 Å². The molecule has 3 aromatic carbocycles. The van der Waals surface area contributed by atoms with E-state index in [-0.39, 0.29) is 18.4 Å². The molecular formula is C24H23N3O5. The molecular weight excluding hydrogens is 410 g/mol. The summed E-state index contributed by atoms with van der Waals surface area (Å²) in [5, 5.41) is 6.71. The van der Waals surface area contributed by atoms with E-state index < -0.39 is 0 Å². The highest BCUT2D eigenvalue weighted by molar-refractivity contribution is 5.97. The van der Waals surface area contributed by atoms with Crippen molar-refractivity contribution >= 4 is 23.7 Å². The molecule has 0 aliphatic heterocycles. The number of nitrogens with one attached hydrogen (secondary N) is 2. The second kappa shape index (κ2) is 11.2. The zero-order chi connectivity index (χ0) is 22.8. The molecule has 0 unspecified atom stereocenters. The van der Waals surface area contributed by atoms with Gasteiger partial charge in [-0.15, -0.1) is 0 Å². The molecule has 0 saturated heterocycles. The van der Waals surface area contributed by atoms with E-state index in [4.69, 9.17) is 14.2 Å². The first kappa shape index (κ1) is 22.4. The van der Waals surface area contributed by atoms with Crippen molar-refractivity contribution in [3.8, 4) is 17.2 Å². The second-order valence-electron chi connectivity index (χ2n) is 6.51. The highest BCUT2D eigenvalue weighted by atomic mass is 16.5. The zero-order valence-corrected chi connectivity index (χ0v) is 17.7. The Bertz CT molecular complexity index is 1100. The van der Waals surface area contributed by atoms with Gasteiger partial charge in [-0.3, -0.25) is 9.59 Å². The topological polar surface area (TPSA) is 98.3 Å². The van der Waals surface area contributed by atoms with Crippen LogP contribution in [0.25, 0.3) is 0 Å². The summed E-state index contributed by atoms with van der Waals surface area (Å²) in [6, 6.07) is 20.9. The summed E-state index contributed by atoms with van der Waals surface area (Å²) < 4.78 is 15.9. The van der Waals surface area contributed by atoms with Crippen LogP contribution in [0.4, 0.5) is 5.69 Å². The van der Waals surface area contributed by atoms with Crippen LogP contribution in [-0.4, -0.2) is 38.9 Å². The van der Waals surface area contributed by atoms with Crippen LogP contribution in [-0.2, 0) is 4.79 Å². The molecule has 0 heterocycles. The van der Waals surface area contributed by atoms with E-state index in [0.29, 0.717) is 28.5 Å². The van der Waals surface area contributed by atoms with Crippen LogP contribution in [0.5, 0.6) is 17.2 Å². The molecule has 8 nitrogen and oxygen atoms in total. The van der Waals surface area contributed by atoms with Crippen molar-refractivity contribution in [2.45, 2.75) is 0 Å². The molecule has 2 amide bonds. The van der Waals surface area contributed by atoms with E-state index in [2.05, 4.69) is 15.8 Å². The lowest BCUT2D eigenvalue weighted by Gasteiger charge is -2.10. The predicted molar refractivity (Wildman–Crippen MR) is 122 cm³/mol. The molecule has 2 N–H and O–H groups in total. The van der Waals surface area contributed by atoms with Crippen LogP contribution in [0.3, 0.4) is 0 Å². The first-order valence-corrected chi connectivity index (χ1v) is 9.73. The molecule has 0 aliphatic rings. The molecule has 0 aromatic heterocycles. The van der Waals surface area contributed by atoms with Gasteiger partial charge in [-0.1, -0.05) is 24.3 Å². The molecule has 32 heavy (non-hydrogen) atoms. The number of hydrogen-bond donors (Lipinski definition) is 2. The Hall–Kier alpha value is -4.33. The minimum absolute atomic E-state index is 0.152. The number of para-hydroxylation sites is 3. The van der Waals surface area contributed by atoms with E-state index in [1.807, 2.05) is 6.07 Å². The third-order valence-corrected chi connectivity index (χ3v) is 4.36. The van der Waals surface area contributed by atoms with Gasteiger partial charge in [0.1, 0.15) is 17.2 Å². The minimum atomic E-state index is -0.375. The van der Waals surface area contributed by atoms with Crippen LogP contribution in [0.15, 0.2) is 77.9 Å². The Morgan fingerprint density at radius 3 is 2.25 bits per heavy atom. The number of carbonyl (C=O) groups is 2. The molecule has 0 fully saturated rings. The van der Waals surface area contributed by atoms with Crippen molar-refractivity contribution in [3.05, 3.63) is 83.9 Å². The van der Waals surface area contributed by atoms with Crippen molar-refractivity contribution in [3.63, 3.8) is 0 Å². The van der Waals surface area contributed by atoms with Gasteiger partial charge in [-0.25, -0.2) is 5.43 Å². The molecule has 0 spiro atoms. The number of ether oxygens (including phenoxy) is 3. The van der Waals surface area contributed by atoms with Crippen molar-refractivity contribution in [2.75, 3.05) is 26.1 Å². The average molecular weight is 433 g/mol. The lowest BCUT2D eigenvalue weighted by Crippen LogP contribution is -2.20. The number of amides is 2. The fraction of sp³-hybridized carbons (Fsp3) is 0.125. The van der Waals surface area contributed by atoms with Gasteiger partial charge in [-0.05, 0) is 54.1 Å². The summed E-state index contributed by atoms with van der Waals surface area (Å²) in [7, 11) is 3.04. The quantitative estimate of drug-likeness (QED) is 0.398. The zero-order valence-electron chi connectivity index (χ0n) is 17.7. The van der Waals surface area contributed by atoms with Gasteiger partial charge in [-0.2, -0.15) is 5.10 Å². The molecule has 0 saturated carbocycles. The lowest BCUT2D eigenvalue weighted by molar-refractivity contribution is -0.118. The highest BCUT2D eigenvalue weighted by Crippen LogP contribution is 2.23. The van der Waals surface area contributed by atoms with Crippen LogP contribution >= 0.6 is 0 Å². The fourth-order valence-electron chi connectivity index (χ4n) is 2.79. The summed E-state index contributed by atoms with van der Waals surface area (Å²) in [5.41, 5.74) is 4.18. The van der Waals surface area contributed by atoms with Gasteiger partial charge in [0.15, 0.2) is 6.61 Å². The molecule has 8 heteroatoms.